The van der Waals surface area contributed by atoms with Gasteiger partial charge in [-0.1, -0.05) is 12.2 Å². The Labute approximate surface area is 102 Å². The Morgan fingerprint density at radius 3 is 2.76 bits per heavy atom. The molecule has 98 valence electrons. The number of amides is 2. The van der Waals surface area contributed by atoms with Gasteiger partial charge in [0.05, 0.1) is 5.60 Å². The minimum absolute atomic E-state index is 0.0119. The molecule has 0 bridgehead atoms. The number of hydrogen-bond acceptors (Lipinski definition) is 3. The highest BCUT2D eigenvalue weighted by atomic mass is 16.5. The first-order chi connectivity index (χ1) is 7.96. The van der Waals surface area contributed by atoms with Gasteiger partial charge in [-0.2, -0.15) is 0 Å². The van der Waals surface area contributed by atoms with E-state index in [1.807, 2.05) is 26.0 Å². The van der Waals surface area contributed by atoms with Crippen molar-refractivity contribution in [2.45, 2.75) is 31.9 Å². The molecule has 0 fully saturated rings. The third kappa shape index (κ3) is 4.75. The fourth-order valence-corrected chi connectivity index (χ4v) is 1.60. The molecule has 0 aromatic rings. The lowest BCUT2D eigenvalue weighted by atomic mass is 10.1. The number of ether oxygens (including phenoxy) is 1. The van der Waals surface area contributed by atoms with Crippen molar-refractivity contribution >= 4 is 6.03 Å². The van der Waals surface area contributed by atoms with Crippen LogP contribution >= 0.6 is 0 Å². The third-order valence-corrected chi connectivity index (χ3v) is 2.95. The Morgan fingerprint density at radius 1 is 1.53 bits per heavy atom. The zero-order chi connectivity index (χ0) is 12.9. The molecule has 0 unspecified atom stereocenters. The molecule has 17 heavy (non-hydrogen) atoms. The molecular formula is C12H22N2O3. The second-order valence-corrected chi connectivity index (χ2v) is 4.96. The fraction of sp³-hybridized carbons (Fsp3) is 0.750. The molecule has 5 nitrogen and oxygen atoms in total. The normalized spacial score (nSPS) is 23.8. The molecule has 0 saturated heterocycles. The number of nitrogens with one attached hydrogen (secondary N) is 2. The van der Waals surface area contributed by atoms with Crippen molar-refractivity contribution in [2.75, 3.05) is 20.3 Å². The molecule has 2 amide bonds. The first-order valence-corrected chi connectivity index (χ1v) is 5.85. The highest BCUT2D eigenvalue weighted by molar-refractivity contribution is 5.74. The van der Waals surface area contributed by atoms with Gasteiger partial charge in [0.2, 0.25) is 0 Å². The highest BCUT2D eigenvalue weighted by Gasteiger charge is 2.21. The van der Waals surface area contributed by atoms with Gasteiger partial charge < -0.3 is 20.5 Å². The molecule has 0 aliphatic heterocycles. The highest BCUT2D eigenvalue weighted by Crippen LogP contribution is 2.16. The van der Waals surface area contributed by atoms with Crippen LogP contribution in [0.2, 0.25) is 0 Å². The van der Waals surface area contributed by atoms with Crippen molar-refractivity contribution in [3.8, 4) is 0 Å². The predicted octanol–water partition coefficient (Wildman–Crippen LogP) is 0.648. The molecular weight excluding hydrogens is 220 g/mol. The number of rotatable bonds is 5. The molecule has 0 spiro atoms. The maximum atomic E-state index is 11.6. The van der Waals surface area contributed by atoms with E-state index < -0.39 is 0 Å². The SMILES string of the molecule is COC(C)(C)CNC(=O)N[C@@H]1C=C[C@H](CO)C1. The van der Waals surface area contributed by atoms with Crippen LogP contribution in [0.25, 0.3) is 0 Å². The van der Waals surface area contributed by atoms with Crippen LogP contribution in [0.15, 0.2) is 12.2 Å². The average Bonchev–Trinajstić information content (AvgIpc) is 2.74. The Bertz CT molecular complexity index is 289. The van der Waals surface area contributed by atoms with Gasteiger partial charge in [0.1, 0.15) is 0 Å². The van der Waals surface area contributed by atoms with E-state index in [0.29, 0.717) is 6.54 Å². The quantitative estimate of drug-likeness (QED) is 0.620. The van der Waals surface area contributed by atoms with Crippen molar-refractivity contribution in [3.63, 3.8) is 0 Å². The van der Waals surface area contributed by atoms with E-state index in [1.165, 1.54) is 0 Å². The number of aliphatic hydroxyl groups is 1. The van der Waals surface area contributed by atoms with Crippen LogP contribution in [0.5, 0.6) is 0 Å². The van der Waals surface area contributed by atoms with E-state index in [-0.39, 0.29) is 30.2 Å². The number of methoxy groups -OCH3 is 1. The van der Waals surface area contributed by atoms with Crippen LogP contribution in [-0.2, 0) is 4.74 Å². The summed E-state index contributed by atoms with van der Waals surface area (Å²) in [6.07, 6.45) is 4.61. The first kappa shape index (κ1) is 14.0. The van der Waals surface area contributed by atoms with Crippen LogP contribution in [0.3, 0.4) is 0 Å². The molecule has 1 rings (SSSR count). The summed E-state index contributed by atoms with van der Waals surface area (Å²) in [6.45, 7) is 4.40. The Kier molecular flexibility index (Phi) is 4.96. The lowest BCUT2D eigenvalue weighted by Crippen LogP contribution is -2.46. The molecule has 1 aliphatic rings. The summed E-state index contributed by atoms with van der Waals surface area (Å²) >= 11 is 0. The van der Waals surface area contributed by atoms with Gasteiger partial charge in [0, 0.05) is 32.2 Å². The summed E-state index contributed by atoms with van der Waals surface area (Å²) in [5.41, 5.74) is -0.365. The molecule has 5 heteroatoms. The van der Waals surface area contributed by atoms with Crippen LogP contribution < -0.4 is 10.6 Å². The fourth-order valence-electron chi connectivity index (χ4n) is 1.60. The minimum atomic E-state index is -0.365. The van der Waals surface area contributed by atoms with Gasteiger partial charge in [-0.25, -0.2) is 4.79 Å². The van der Waals surface area contributed by atoms with Crippen molar-refractivity contribution < 1.29 is 14.6 Å². The topological polar surface area (TPSA) is 70.6 Å². The van der Waals surface area contributed by atoms with Crippen molar-refractivity contribution in [2.24, 2.45) is 5.92 Å². The van der Waals surface area contributed by atoms with Crippen LogP contribution in [0.1, 0.15) is 20.3 Å². The molecule has 2 atom stereocenters. The van der Waals surface area contributed by atoms with E-state index in [9.17, 15) is 4.79 Å². The van der Waals surface area contributed by atoms with E-state index in [0.717, 1.165) is 6.42 Å². The number of aliphatic hydroxyl groups excluding tert-OH is 1. The van der Waals surface area contributed by atoms with Gasteiger partial charge in [-0.15, -0.1) is 0 Å². The zero-order valence-corrected chi connectivity index (χ0v) is 10.7. The molecule has 1 aliphatic carbocycles. The number of hydrogen-bond donors (Lipinski definition) is 3. The van der Waals surface area contributed by atoms with E-state index >= 15 is 0 Å². The van der Waals surface area contributed by atoms with Gasteiger partial charge >= 0.3 is 6.03 Å². The van der Waals surface area contributed by atoms with Gasteiger partial charge in [-0.05, 0) is 20.3 Å². The predicted molar refractivity (Wildman–Crippen MR) is 65.7 cm³/mol. The average molecular weight is 242 g/mol. The smallest absolute Gasteiger partial charge is 0.315 e. The standard InChI is InChI=1S/C12H22N2O3/c1-12(2,17-3)8-13-11(16)14-10-5-4-9(6-10)7-15/h4-5,9-10,15H,6-8H2,1-3H3,(H2,13,14,16)/t9-,10+/m0/s1. The van der Waals surface area contributed by atoms with Crippen LogP contribution in [0.4, 0.5) is 4.79 Å². The lowest BCUT2D eigenvalue weighted by Gasteiger charge is -2.23. The maximum Gasteiger partial charge on any atom is 0.315 e. The molecule has 0 aromatic heterocycles. The summed E-state index contributed by atoms with van der Waals surface area (Å²) < 4.78 is 5.20. The van der Waals surface area contributed by atoms with Crippen molar-refractivity contribution in [1.29, 1.82) is 0 Å². The monoisotopic (exact) mass is 242 g/mol. The number of carbonyl (C=O) groups excluding carboxylic acids is 1. The summed E-state index contributed by atoms with van der Waals surface area (Å²) in [5.74, 6) is 0.163. The van der Waals surface area contributed by atoms with Crippen molar-refractivity contribution in [3.05, 3.63) is 12.2 Å². The number of urea groups is 1. The second-order valence-electron chi connectivity index (χ2n) is 4.96. The first-order valence-electron chi connectivity index (χ1n) is 5.85. The molecule has 0 radical (unpaired) electrons. The van der Waals surface area contributed by atoms with E-state index in [1.54, 1.807) is 7.11 Å². The molecule has 0 heterocycles. The molecule has 3 N–H and O–H groups in total. The second kappa shape index (κ2) is 6.02. The Hall–Kier alpha value is -1.07. The molecule has 0 aromatic carbocycles. The van der Waals surface area contributed by atoms with Gasteiger partial charge in [0.25, 0.3) is 0 Å². The Balaban J connectivity index is 2.25. The third-order valence-electron chi connectivity index (χ3n) is 2.95. The maximum absolute atomic E-state index is 11.6. The Morgan fingerprint density at radius 2 is 2.24 bits per heavy atom. The zero-order valence-electron chi connectivity index (χ0n) is 10.7. The molecule has 0 saturated carbocycles. The van der Waals surface area contributed by atoms with Crippen molar-refractivity contribution in [1.82, 2.24) is 10.6 Å². The van der Waals surface area contributed by atoms with E-state index in [2.05, 4.69) is 10.6 Å². The summed E-state index contributed by atoms with van der Waals surface area (Å²) in [6, 6.07) is -0.193. The largest absolute Gasteiger partial charge is 0.396 e. The summed E-state index contributed by atoms with van der Waals surface area (Å²) in [7, 11) is 1.62. The summed E-state index contributed by atoms with van der Waals surface area (Å²) in [5, 5.41) is 14.6. The van der Waals surface area contributed by atoms with Crippen LogP contribution in [-0.4, -0.2) is 43.0 Å². The number of carbonyl (C=O) groups is 1. The minimum Gasteiger partial charge on any atom is -0.396 e. The lowest BCUT2D eigenvalue weighted by molar-refractivity contribution is 0.0253. The van der Waals surface area contributed by atoms with Gasteiger partial charge in [0.15, 0.2) is 0 Å². The van der Waals surface area contributed by atoms with E-state index in [4.69, 9.17) is 9.84 Å². The van der Waals surface area contributed by atoms with Crippen LogP contribution in [0, 0.1) is 5.92 Å². The summed E-state index contributed by atoms with van der Waals surface area (Å²) in [4.78, 5) is 11.6. The van der Waals surface area contributed by atoms with Gasteiger partial charge in [-0.3, -0.25) is 0 Å².